The number of halogens is 4. The Kier molecular flexibility index (Phi) is 4.64. The quantitative estimate of drug-likeness (QED) is 0.861. The number of nitrogens with two attached hydrogens (primary N) is 1. The Bertz CT molecular complexity index is 348. The van der Waals surface area contributed by atoms with Crippen molar-refractivity contribution in [2.24, 2.45) is 5.73 Å². The van der Waals surface area contributed by atoms with Gasteiger partial charge in [0.2, 0.25) is 0 Å². The summed E-state index contributed by atoms with van der Waals surface area (Å²) in [4.78, 5) is 0.779. The average Bonchev–Trinajstić information content (AvgIpc) is 2.45. The molecular formula is C10H13ClF3NS. The molecule has 1 aromatic heterocycles. The van der Waals surface area contributed by atoms with Crippen LogP contribution in [0.2, 0.25) is 5.02 Å². The first-order valence-electron chi connectivity index (χ1n) is 4.87. The van der Waals surface area contributed by atoms with Crippen LogP contribution in [-0.4, -0.2) is 6.18 Å². The van der Waals surface area contributed by atoms with E-state index in [4.69, 9.17) is 17.3 Å². The molecule has 1 aromatic rings. The molecule has 0 bridgehead atoms. The first-order chi connectivity index (χ1) is 7.31. The zero-order valence-electron chi connectivity index (χ0n) is 8.77. The van der Waals surface area contributed by atoms with Gasteiger partial charge in [0, 0.05) is 17.3 Å². The summed E-state index contributed by atoms with van der Waals surface area (Å²) in [6.07, 6.45) is -4.55. The van der Waals surface area contributed by atoms with Crippen molar-refractivity contribution in [1.82, 2.24) is 0 Å². The van der Waals surface area contributed by atoms with Gasteiger partial charge in [-0.1, -0.05) is 11.6 Å². The zero-order valence-corrected chi connectivity index (χ0v) is 10.3. The maximum atomic E-state index is 11.9. The van der Waals surface area contributed by atoms with E-state index in [1.807, 2.05) is 12.3 Å². The van der Waals surface area contributed by atoms with Crippen LogP contribution in [0.3, 0.4) is 0 Å². The Hall–Kier alpha value is -0.260. The van der Waals surface area contributed by atoms with Gasteiger partial charge in [-0.2, -0.15) is 13.2 Å². The van der Waals surface area contributed by atoms with Crippen LogP contribution < -0.4 is 5.73 Å². The molecule has 16 heavy (non-hydrogen) atoms. The minimum Gasteiger partial charge on any atom is -0.323 e. The van der Waals surface area contributed by atoms with Crippen molar-refractivity contribution in [1.29, 1.82) is 0 Å². The second-order valence-electron chi connectivity index (χ2n) is 3.71. The third-order valence-corrected chi connectivity index (χ3v) is 4.08. The van der Waals surface area contributed by atoms with Crippen molar-refractivity contribution in [3.05, 3.63) is 20.8 Å². The highest BCUT2D eigenvalue weighted by Gasteiger charge is 2.26. The number of alkyl halides is 3. The van der Waals surface area contributed by atoms with Crippen LogP contribution in [0.4, 0.5) is 13.2 Å². The number of aryl methyl sites for hydroxylation is 1. The SMILES string of the molecule is Cc1csc(C(N)CCCC(F)(F)F)c1Cl. The van der Waals surface area contributed by atoms with E-state index in [1.54, 1.807) is 0 Å². The lowest BCUT2D eigenvalue weighted by atomic mass is 10.1. The summed E-state index contributed by atoms with van der Waals surface area (Å²) in [6.45, 7) is 1.85. The lowest BCUT2D eigenvalue weighted by molar-refractivity contribution is -0.135. The molecule has 1 rings (SSSR count). The van der Waals surface area contributed by atoms with E-state index in [9.17, 15) is 13.2 Å². The minimum atomic E-state index is -4.10. The largest absolute Gasteiger partial charge is 0.389 e. The monoisotopic (exact) mass is 271 g/mol. The van der Waals surface area contributed by atoms with Crippen LogP contribution in [0.1, 0.15) is 35.7 Å². The van der Waals surface area contributed by atoms with Crippen LogP contribution in [0.15, 0.2) is 5.38 Å². The standard InChI is InChI=1S/C10H13ClF3NS/c1-6-5-16-9(8(6)11)7(15)3-2-4-10(12,13)14/h5,7H,2-4,15H2,1H3. The molecule has 0 spiro atoms. The van der Waals surface area contributed by atoms with Crippen molar-refractivity contribution in [3.8, 4) is 0 Å². The summed E-state index contributed by atoms with van der Waals surface area (Å²) >= 11 is 7.38. The molecule has 0 saturated heterocycles. The first-order valence-corrected chi connectivity index (χ1v) is 6.13. The Morgan fingerprint density at radius 1 is 1.50 bits per heavy atom. The summed E-state index contributed by atoms with van der Waals surface area (Å²) in [5.41, 5.74) is 6.72. The Balaban J connectivity index is 2.47. The van der Waals surface area contributed by atoms with E-state index < -0.39 is 18.6 Å². The fourth-order valence-electron chi connectivity index (χ4n) is 1.35. The predicted octanol–water partition coefficient (Wildman–Crippen LogP) is 4.44. The van der Waals surface area contributed by atoms with Crippen LogP contribution in [0.5, 0.6) is 0 Å². The third-order valence-electron chi connectivity index (χ3n) is 2.24. The summed E-state index contributed by atoms with van der Waals surface area (Å²) in [5.74, 6) is 0. The van der Waals surface area contributed by atoms with Gasteiger partial charge in [-0.05, 0) is 30.7 Å². The Morgan fingerprint density at radius 2 is 2.12 bits per heavy atom. The van der Waals surface area contributed by atoms with E-state index in [1.165, 1.54) is 11.3 Å². The Morgan fingerprint density at radius 3 is 2.56 bits per heavy atom. The highest BCUT2D eigenvalue weighted by molar-refractivity contribution is 7.10. The molecule has 92 valence electrons. The van der Waals surface area contributed by atoms with E-state index in [0.717, 1.165) is 10.4 Å². The van der Waals surface area contributed by atoms with E-state index in [-0.39, 0.29) is 6.42 Å². The predicted molar refractivity (Wildman–Crippen MR) is 60.9 cm³/mol. The zero-order chi connectivity index (χ0) is 12.3. The molecule has 0 aromatic carbocycles. The molecule has 1 unspecified atom stereocenters. The molecule has 0 aliphatic carbocycles. The molecule has 0 radical (unpaired) electrons. The molecule has 1 atom stereocenters. The fraction of sp³-hybridized carbons (Fsp3) is 0.600. The lowest BCUT2D eigenvalue weighted by Crippen LogP contribution is -2.12. The van der Waals surface area contributed by atoms with Gasteiger partial charge in [-0.3, -0.25) is 0 Å². The highest BCUT2D eigenvalue weighted by atomic mass is 35.5. The van der Waals surface area contributed by atoms with Gasteiger partial charge in [0.25, 0.3) is 0 Å². The molecule has 0 aliphatic rings. The summed E-state index contributed by atoms with van der Waals surface area (Å²) in [5, 5.41) is 2.45. The van der Waals surface area contributed by atoms with E-state index in [2.05, 4.69) is 0 Å². The topological polar surface area (TPSA) is 26.0 Å². The van der Waals surface area contributed by atoms with Crippen molar-refractivity contribution in [2.75, 3.05) is 0 Å². The van der Waals surface area contributed by atoms with Gasteiger partial charge in [0.05, 0.1) is 5.02 Å². The summed E-state index contributed by atoms with van der Waals surface area (Å²) < 4.78 is 35.8. The molecule has 2 N–H and O–H groups in total. The number of thiophene rings is 1. The van der Waals surface area contributed by atoms with Gasteiger partial charge in [-0.15, -0.1) is 11.3 Å². The molecule has 0 amide bonds. The molecule has 6 heteroatoms. The van der Waals surface area contributed by atoms with Gasteiger partial charge in [-0.25, -0.2) is 0 Å². The van der Waals surface area contributed by atoms with E-state index >= 15 is 0 Å². The molecule has 0 aliphatic heterocycles. The molecule has 1 heterocycles. The van der Waals surface area contributed by atoms with Gasteiger partial charge >= 0.3 is 6.18 Å². The van der Waals surface area contributed by atoms with Crippen LogP contribution in [0.25, 0.3) is 0 Å². The summed E-state index contributed by atoms with van der Waals surface area (Å²) in [7, 11) is 0. The van der Waals surface area contributed by atoms with E-state index in [0.29, 0.717) is 11.4 Å². The van der Waals surface area contributed by atoms with Crippen LogP contribution in [-0.2, 0) is 0 Å². The highest BCUT2D eigenvalue weighted by Crippen LogP contribution is 2.34. The van der Waals surface area contributed by atoms with Gasteiger partial charge in [0.15, 0.2) is 0 Å². The fourth-order valence-corrected chi connectivity index (χ4v) is 2.73. The maximum Gasteiger partial charge on any atom is 0.389 e. The van der Waals surface area contributed by atoms with Crippen molar-refractivity contribution in [3.63, 3.8) is 0 Å². The van der Waals surface area contributed by atoms with Crippen LogP contribution >= 0.6 is 22.9 Å². The van der Waals surface area contributed by atoms with Crippen molar-refractivity contribution >= 4 is 22.9 Å². The smallest absolute Gasteiger partial charge is 0.323 e. The second-order valence-corrected chi connectivity index (χ2v) is 5.00. The second kappa shape index (κ2) is 5.38. The molecule has 0 saturated carbocycles. The summed E-state index contributed by atoms with van der Waals surface area (Å²) in [6, 6.07) is -0.395. The van der Waals surface area contributed by atoms with Gasteiger partial charge in [0.1, 0.15) is 0 Å². The maximum absolute atomic E-state index is 11.9. The van der Waals surface area contributed by atoms with Gasteiger partial charge < -0.3 is 5.73 Å². The normalized spacial score (nSPS) is 14.1. The Labute approximate surface area is 101 Å². The molecular weight excluding hydrogens is 259 g/mol. The molecule has 1 nitrogen and oxygen atoms in total. The average molecular weight is 272 g/mol. The number of rotatable bonds is 4. The first kappa shape index (κ1) is 13.8. The number of hydrogen-bond acceptors (Lipinski definition) is 2. The van der Waals surface area contributed by atoms with Crippen molar-refractivity contribution in [2.45, 2.75) is 38.4 Å². The van der Waals surface area contributed by atoms with Crippen molar-refractivity contribution < 1.29 is 13.2 Å². The molecule has 0 fully saturated rings. The van der Waals surface area contributed by atoms with Crippen LogP contribution in [0, 0.1) is 6.92 Å². The number of hydrogen-bond donors (Lipinski definition) is 1. The minimum absolute atomic E-state index is 0.0396. The third kappa shape index (κ3) is 3.96. The lowest BCUT2D eigenvalue weighted by Gasteiger charge is -2.11.